The van der Waals surface area contributed by atoms with Crippen LogP contribution in [0.15, 0.2) is 6.20 Å². The predicted molar refractivity (Wildman–Crippen MR) is 77.1 cm³/mol. The van der Waals surface area contributed by atoms with Gasteiger partial charge in [0.25, 0.3) is 5.91 Å². The Morgan fingerprint density at radius 3 is 2.55 bits per heavy atom. The maximum Gasteiger partial charge on any atom is 0.326 e. The third kappa shape index (κ3) is 4.54. The Morgan fingerprint density at radius 2 is 2.05 bits per heavy atom. The number of carboxylic acid groups (broad SMARTS) is 1. The molecule has 0 fully saturated rings. The summed E-state index contributed by atoms with van der Waals surface area (Å²) in [6.45, 7) is 3.54. The largest absolute Gasteiger partial charge is 0.480 e. The van der Waals surface area contributed by atoms with Gasteiger partial charge in [0.05, 0.1) is 6.20 Å². The average molecular weight is 311 g/mol. The number of aliphatic carboxylic acids is 1. The molecule has 2 N–H and O–H groups in total. The Hall–Kier alpha value is -2.45. The van der Waals surface area contributed by atoms with E-state index in [9.17, 15) is 14.4 Å². The van der Waals surface area contributed by atoms with E-state index >= 15 is 0 Å². The predicted octanol–water partition coefficient (Wildman–Crippen LogP) is -0.405. The molecule has 0 bridgehead atoms. The van der Waals surface area contributed by atoms with Gasteiger partial charge in [0.1, 0.15) is 12.6 Å². The first kappa shape index (κ1) is 17.6. The van der Waals surface area contributed by atoms with Crippen molar-refractivity contribution in [1.82, 2.24) is 25.2 Å². The fraction of sp³-hybridized carbons (Fsp3) is 0.615. The Labute approximate surface area is 128 Å². The minimum atomic E-state index is -1.10. The lowest BCUT2D eigenvalue weighted by Gasteiger charge is -2.19. The number of nitrogens with zero attached hydrogens (tertiary/aromatic N) is 4. The fourth-order valence-corrected chi connectivity index (χ4v) is 1.66. The first-order valence-electron chi connectivity index (χ1n) is 6.90. The lowest BCUT2D eigenvalue weighted by atomic mass is 9.99. The third-order valence-corrected chi connectivity index (χ3v) is 3.33. The second kappa shape index (κ2) is 7.53. The third-order valence-electron chi connectivity index (χ3n) is 3.33. The molecule has 22 heavy (non-hydrogen) atoms. The van der Waals surface area contributed by atoms with Gasteiger partial charge in [-0.05, 0) is 5.92 Å². The second-order valence-electron chi connectivity index (χ2n) is 5.26. The number of carboxylic acids is 1. The summed E-state index contributed by atoms with van der Waals surface area (Å²) in [5.74, 6) is -2.14. The molecule has 2 amide bonds. The molecule has 0 aromatic carbocycles. The van der Waals surface area contributed by atoms with Crippen molar-refractivity contribution in [3.05, 3.63) is 11.9 Å². The van der Waals surface area contributed by atoms with Crippen LogP contribution in [0.5, 0.6) is 0 Å². The quantitative estimate of drug-likeness (QED) is 0.707. The summed E-state index contributed by atoms with van der Waals surface area (Å²) in [5.41, 5.74) is -0.0268. The molecule has 1 rings (SSSR count). The van der Waals surface area contributed by atoms with E-state index < -0.39 is 17.9 Å². The normalized spacial score (nSPS) is 13.3. The number of carbonyl (C=O) groups excluding carboxylic acids is 2. The smallest absolute Gasteiger partial charge is 0.326 e. The molecular weight excluding hydrogens is 290 g/mol. The van der Waals surface area contributed by atoms with E-state index in [1.165, 1.54) is 15.8 Å². The van der Waals surface area contributed by atoms with E-state index in [1.807, 2.05) is 6.92 Å². The molecule has 0 radical (unpaired) electrons. The molecule has 1 heterocycles. The first-order valence-corrected chi connectivity index (χ1v) is 6.90. The van der Waals surface area contributed by atoms with Crippen molar-refractivity contribution < 1.29 is 19.5 Å². The Kier molecular flexibility index (Phi) is 6.02. The van der Waals surface area contributed by atoms with Gasteiger partial charge in [-0.25, -0.2) is 9.48 Å². The van der Waals surface area contributed by atoms with Gasteiger partial charge in [0.15, 0.2) is 5.69 Å². The maximum atomic E-state index is 12.0. The fourth-order valence-electron chi connectivity index (χ4n) is 1.66. The summed E-state index contributed by atoms with van der Waals surface area (Å²) in [4.78, 5) is 36.2. The molecule has 0 aliphatic heterocycles. The number of amides is 2. The Bertz CT molecular complexity index is 554. The summed E-state index contributed by atoms with van der Waals surface area (Å²) in [7, 11) is 3.22. The summed E-state index contributed by atoms with van der Waals surface area (Å²) in [6, 6.07) is -0.994. The highest BCUT2D eigenvalue weighted by atomic mass is 16.4. The van der Waals surface area contributed by atoms with E-state index in [0.717, 1.165) is 0 Å². The van der Waals surface area contributed by atoms with Crippen molar-refractivity contribution in [2.24, 2.45) is 5.92 Å². The zero-order valence-electron chi connectivity index (χ0n) is 13.1. The van der Waals surface area contributed by atoms with Crippen molar-refractivity contribution in [3.63, 3.8) is 0 Å². The van der Waals surface area contributed by atoms with Crippen LogP contribution in [0.25, 0.3) is 0 Å². The van der Waals surface area contributed by atoms with E-state index in [0.29, 0.717) is 6.42 Å². The molecule has 9 heteroatoms. The molecule has 1 aromatic rings. The highest BCUT2D eigenvalue weighted by Crippen LogP contribution is 2.08. The monoisotopic (exact) mass is 311 g/mol. The van der Waals surface area contributed by atoms with Gasteiger partial charge < -0.3 is 15.3 Å². The first-order chi connectivity index (χ1) is 10.3. The van der Waals surface area contributed by atoms with Gasteiger partial charge in [-0.15, -0.1) is 5.10 Å². The average Bonchev–Trinajstić information content (AvgIpc) is 2.91. The molecule has 0 unspecified atom stereocenters. The van der Waals surface area contributed by atoms with Crippen LogP contribution in [-0.2, 0) is 16.1 Å². The minimum absolute atomic E-state index is 0.0268. The minimum Gasteiger partial charge on any atom is -0.480 e. The summed E-state index contributed by atoms with van der Waals surface area (Å²) < 4.78 is 1.23. The van der Waals surface area contributed by atoms with Crippen LogP contribution in [0.4, 0.5) is 0 Å². The van der Waals surface area contributed by atoms with Crippen molar-refractivity contribution in [2.45, 2.75) is 32.9 Å². The van der Waals surface area contributed by atoms with Gasteiger partial charge in [0, 0.05) is 14.1 Å². The Morgan fingerprint density at radius 1 is 1.41 bits per heavy atom. The van der Waals surface area contributed by atoms with E-state index in [1.54, 1.807) is 21.0 Å². The highest BCUT2D eigenvalue weighted by molar-refractivity contribution is 5.94. The summed E-state index contributed by atoms with van der Waals surface area (Å²) in [5, 5.41) is 18.9. The van der Waals surface area contributed by atoms with Gasteiger partial charge in [0.2, 0.25) is 5.91 Å². The molecule has 1 aromatic heterocycles. The van der Waals surface area contributed by atoms with Crippen molar-refractivity contribution in [2.75, 3.05) is 14.1 Å². The molecule has 0 saturated heterocycles. The highest BCUT2D eigenvalue weighted by Gasteiger charge is 2.26. The van der Waals surface area contributed by atoms with Gasteiger partial charge in [-0.1, -0.05) is 25.5 Å². The molecule has 122 valence electrons. The number of carbonyl (C=O) groups is 3. The summed E-state index contributed by atoms with van der Waals surface area (Å²) in [6.07, 6.45) is 1.92. The SMILES string of the molecule is CC[C@H](C)[C@H](NC(=O)c1cn(CC(=O)N(C)C)nn1)C(=O)O. The number of aromatic nitrogens is 3. The molecule has 2 atom stereocenters. The van der Waals surface area contributed by atoms with E-state index in [4.69, 9.17) is 5.11 Å². The van der Waals surface area contributed by atoms with Crippen molar-refractivity contribution >= 4 is 17.8 Å². The number of nitrogens with one attached hydrogen (secondary N) is 1. The molecule has 9 nitrogen and oxygen atoms in total. The van der Waals surface area contributed by atoms with Crippen LogP contribution in [-0.4, -0.2) is 62.9 Å². The lowest BCUT2D eigenvalue weighted by molar-refractivity contribution is -0.140. The van der Waals surface area contributed by atoms with Crippen molar-refractivity contribution in [1.29, 1.82) is 0 Å². The standard InChI is InChI=1S/C13H21N5O4/c1-5-8(2)11(13(21)22)14-12(20)9-6-18(16-15-9)7-10(19)17(3)4/h6,8,11H,5,7H2,1-4H3,(H,14,20)(H,21,22)/t8-,11-/m0/s1. The van der Waals surface area contributed by atoms with Gasteiger partial charge in [-0.2, -0.15) is 0 Å². The Balaban J connectivity index is 2.76. The molecule has 0 aliphatic carbocycles. The zero-order chi connectivity index (χ0) is 16.9. The maximum absolute atomic E-state index is 12.0. The second-order valence-corrected chi connectivity index (χ2v) is 5.26. The van der Waals surface area contributed by atoms with Crippen LogP contribution in [0, 0.1) is 5.92 Å². The lowest BCUT2D eigenvalue weighted by Crippen LogP contribution is -2.45. The molecule has 0 saturated carbocycles. The van der Waals surface area contributed by atoms with Crippen LogP contribution < -0.4 is 5.32 Å². The van der Waals surface area contributed by atoms with E-state index in [-0.39, 0.29) is 24.1 Å². The van der Waals surface area contributed by atoms with Crippen LogP contribution in [0.3, 0.4) is 0 Å². The zero-order valence-corrected chi connectivity index (χ0v) is 13.1. The molecule has 0 aliphatic rings. The van der Waals surface area contributed by atoms with Crippen LogP contribution >= 0.6 is 0 Å². The van der Waals surface area contributed by atoms with Crippen LogP contribution in [0.1, 0.15) is 30.8 Å². The topological polar surface area (TPSA) is 117 Å². The number of hydrogen-bond donors (Lipinski definition) is 2. The van der Waals surface area contributed by atoms with Gasteiger partial charge in [-0.3, -0.25) is 9.59 Å². The van der Waals surface area contributed by atoms with Crippen LogP contribution in [0.2, 0.25) is 0 Å². The molecule has 0 spiro atoms. The number of likely N-dealkylation sites (N-methyl/N-ethyl adjacent to an activating group) is 1. The molecular formula is C13H21N5O4. The number of hydrogen-bond acceptors (Lipinski definition) is 5. The van der Waals surface area contributed by atoms with Gasteiger partial charge >= 0.3 is 5.97 Å². The van der Waals surface area contributed by atoms with E-state index in [2.05, 4.69) is 15.6 Å². The van der Waals surface area contributed by atoms with Crippen molar-refractivity contribution in [3.8, 4) is 0 Å². The summed E-state index contributed by atoms with van der Waals surface area (Å²) >= 11 is 0. The number of rotatable bonds is 7.